The van der Waals surface area contributed by atoms with Crippen molar-refractivity contribution in [2.75, 3.05) is 7.11 Å². The summed E-state index contributed by atoms with van der Waals surface area (Å²) in [6.45, 7) is 5.10. The Kier molecular flexibility index (Phi) is 6.13. The lowest BCUT2D eigenvalue weighted by Gasteiger charge is -2.14. The molecule has 0 amide bonds. The number of rotatable bonds is 6. The highest BCUT2D eigenvalue weighted by Crippen LogP contribution is 2.59. The largest absolute Gasteiger partial charge is 0.460 e. The molecule has 2 atom stereocenters. The fourth-order valence-corrected chi connectivity index (χ4v) is 3.62. The zero-order valence-corrected chi connectivity index (χ0v) is 16.0. The van der Waals surface area contributed by atoms with Crippen LogP contribution in [0, 0.1) is 28.9 Å². The van der Waals surface area contributed by atoms with Crippen molar-refractivity contribution in [3.63, 3.8) is 0 Å². The number of carbonyl (C=O) groups excluding carboxylic acids is 1. The van der Waals surface area contributed by atoms with Crippen molar-refractivity contribution in [1.82, 2.24) is 0 Å². The van der Waals surface area contributed by atoms with Gasteiger partial charge in [-0.25, -0.2) is 8.78 Å². The van der Waals surface area contributed by atoms with Gasteiger partial charge < -0.3 is 9.47 Å². The molecule has 3 nitrogen and oxygen atoms in total. The van der Waals surface area contributed by atoms with Gasteiger partial charge in [0.25, 0.3) is 0 Å². The van der Waals surface area contributed by atoms with Crippen molar-refractivity contribution in [2.45, 2.75) is 34.0 Å². The molecule has 1 aromatic carbocycles. The molecule has 0 saturated heterocycles. The Morgan fingerprint density at radius 3 is 2.20 bits per heavy atom. The third-order valence-corrected chi connectivity index (χ3v) is 5.45. The molecule has 25 heavy (non-hydrogen) atoms. The maximum absolute atomic E-state index is 14.2. The highest BCUT2D eigenvalue weighted by Gasteiger charge is 2.61. The Balaban J connectivity index is 2.18. The van der Waals surface area contributed by atoms with Crippen molar-refractivity contribution in [3.8, 4) is 0 Å². The summed E-state index contributed by atoms with van der Waals surface area (Å²) in [5.41, 5.74) is -0.660. The number of benzene rings is 1. The molecule has 0 bridgehead atoms. The van der Waals surface area contributed by atoms with Crippen LogP contribution >= 0.6 is 23.2 Å². The highest BCUT2D eigenvalue weighted by molar-refractivity contribution is 6.36. The van der Waals surface area contributed by atoms with Crippen LogP contribution in [-0.2, 0) is 27.5 Å². The van der Waals surface area contributed by atoms with E-state index in [-0.39, 0.29) is 45.0 Å². The van der Waals surface area contributed by atoms with Gasteiger partial charge in [-0.15, -0.1) is 0 Å². The van der Waals surface area contributed by atoms with Crippen LogP contribution in [0.3, 0.4) is 0 Å². The van der Waals surface area contributed by atoms with Crippen LogP contribution in [-0.4, -0.2) is 13.1 Å². The van der Waals surface area contributed by atoms with E-state index >= 15 is 0 Å². The fourth-order valence-electron chi connectivity index (χ4n) is 3.05. The third kappa shape index (κ3) is 3.69. The number of hydrogen-bond acceptors (Lipinski definition) is 3. The summed E-state index contributed by atoms with van der Waals surface area (Å²) in [5, 5.41) is -0.738. The van der Waals surface area contributed by atoms with Crippen LogP contribution in [0.25, 0.3) is 0 Å². The van der Waals surface area contributed by atoms with E-state index in [1.807, 2.05) is 32.9 Å². The average Bonchev–Trinajstić information content (AvgIpc) is 3.10. The number of carbonyl (C=O) groups is 1. The molecule has 138 valence electrons. The Hall–Kier alpha value is -1.17. The highest BCUT2D eigenvalue weighted by atomic mass is 35.5. The molecule has 0 N–H and O–H groups in total. The van der Waals surface area contributed by atoms with Gasteiger partial charge in [0.15, 0.2) is 11.6 Å². The molecule has 7 heteroatoms. The summed E-state index contributed by atoms with van der Waals surface area (Å²) in [5.74, 6) is -2.59. The molecule has 0 unspecified atom stereocenters. The van der Waals surface area contributed by atoms with E-state index in [0.717, 1.165) is 0 Å². The van der Waals surface area contributed by atoms with Gasteiger partial charge >= 0.3 is 5.97 Å². The zero-order valence-electron chi connectivity index (χ0n) is 14.5. The number of ether oxygens (including phenoxy) is 2. The summed E-state index contributed by atoms with van der Waals surface area (Å²) in [4.78, 5) is 12.3. The molecule has 0 aliphatic heterocycles. The molecule has 1 aliphatic rings. The number of allylic oxidation sites excluding steroid dienone is 2. The Morgan fingerprint density at radius 2 is 1.72 bits per heavy atom. The van der Waals surface area contributed by atoms with Gasteiger partial charge in [0.2, 0.25) is 0 Å². The summed E-state index contributed by atoms with van der Waals surface area (Å²) in [6.07, 6.45) is 3.83. The first kappa shape index (κ1) is 20.1. The second-order valence-electron chi connectivity index (χ2n) is 6.60. The predicted molar refractivity (Wildman–Crippen MR) is 92.5 cm³/mol. The lowest BCUT2D eigenvalue weighted by atomic mass is 10.1. The Bertz CT molecular complexity index is 688. The topological polar surface area (TPSA) is 35.5 Å². The van der Waals surface area contributed by atoms with E-state index in [9.17, 15) is 13.6 Å². The van der Waals surface area contributed by atoms with Crippen LogP contribution in [0.4, 0.5) is 8.78 Å². The SMILES string of the molecule is CC=C[C@@H]1[C@@H](C(=O)OCc2c(Cl)c(F)c(COC)c(F)c2Cl)C1(C)C. The normalized spacial score (nSPS) is 21.6. The number of hydrogen-bond donors (Lipinski definition) is 0. The van der Waals surface area contributed by atoms with Crippen molar-refractivity contribution >= 4 is 29.2 Å². The van der Waals surface area contributed by atoms with E-state index in [2.05, 4.69) is 0 Å². The molecule has 1 saturated carbocycles. The summed E-state index contributed by atoms with van der Waals surface area (Å²) < 4.78 is 38.4. The molecule has 1 fully saturated rings. The van der Waals surface area contributed by atoms with Crippen molar-refractivity contribution < 1.29 is 23.0 Å². The van der Waals surface area contributed by atoms with Gasteiger partial charge in [0.1, 0.15) is 6.61 Å². The minimum absolute atomic E-state index is 0.0773. The van der Waals surface area contributed by atoms with Crippen LogP contribution in [0.1, 0.15) is 31.9 Å². The Morgan fingerprint density at radius 1 is 1.16 bits per heavy atom. The number of esters is 1. The zero-order chi connectivity index (χ0) is 18.9. The molecule has 0 radical (unpaired) electrons. The van der Waals surface area contributed by atoms with Gasteiger partial charge in [0.05, 0.1) is 28.1 Å². The standard InChI is InChI=1S/C18H20Cl2F2O3/c1-5-6-11-12(18(11,2)3)17(23)25-8-9-13(19)15(21)10(7-24-4)16(22)14(9)20/h5-6,11-12H,7-8H2,1-4H3/t11-,12+/m1/s1. The van der Waals surface area contributed by atoms with Gasteiger partial charge in [-0.1, -0.05) is 49.2 Å². The first-order chi connectivity index (χ1) is 11.7. The van der Waals surface area contributed by atoms with Crippen LogP contribution in [0.15, 0.2) is 12.2 Å². The van der Waals surface area contributed by atoms with Crippen LogP contribution in [0.2, 0.25) is 10.0 Å². The van der Waals surface area contributed by atoms with E-state index in [1.165, 1.54) is 7.11 Å². The summed E-state index contributed by atoms with van der Waals surface area (Å²) in [7, 11) is 1.30. The first-order valence-electron chi connectivity index (χ1n) is 7.80. The molecule has 0 spiro atoms. The minimum atomic E-state index is -0.963. The van der Waals surface area contributed by atoms with Gasteiger partial charge in [-0.2, -0.15) is 0 Å². The minimum Gasteiger partial charge on any atom is -0.460 e. The summed E-state index contributed by atoms with van der Waals surface area (Å²) >= 11 is 11.9. The smallest absolute Gasteiger partial charge is 0.310 e. The quantitative estimate of drug-likeness (QED) is 0.373. The van der Waals surface area contributed by atoms with Crippen LogP contribution < -0.4 is 0 Å². The molecular formula is C18H20Cl2F2O3. The lowest BCUT2D eigenvalue weighted by Crippen LogP contribution is -2.12. The lowest BCUT2D eigenvalue weighted by molar-refractivity contribution is -0.147. The third-order valence-electron chi connectivity index (χ3n) is 4.66. The van der Waals surface area contributed by atoms with E-state index < -0.39 is 24.2 Å². The van der Waals surface area contributed by atoms with Gasteiger partial charge in [-0.3, -0.25) is 4.79 Å². The maximum Gasteiger partial charge on any atom is 0.310 e. The second-order valence-corrected chi connectivity index (χ2v) is 7.36. The number of methoxy groups -OCH3 is 1. The van der Waals surface area contributed by atoms with Gasteiger partial charge in [0, 0.05) is 12.7 Å². The predicted octanol–water partition coefficient (Wildman–Crippen LogP) is 5.31. The van der Waals surface area contributed by atoms with E-state index in [1.54, 1.807) is 0 Å². The average molecular weight is 393 g/mol. The van der Waals surface area contributed by atoms with E-state index in [4.69, 9.17) is 32.7 Å². The molecule has 0 heterocycles. The maximum atomic E-state index is 14.2. The fraction of sp³-hybridized carbons (Fsp3) is 0.500. The van der Waals surface area contributed by atoms with Gasteiger partial charge in [-0.05, 0) is 18.3 Å². The molecule has 0 aromatic heterocycles. The van der Waals surface area contributed by atoms with E-state index in [0.29, 0.717) is 0 Å². The van der Waals surface area contributed by atoms with Crippen LogP contribution in [0.5, 0.6) is 0 Å². The summed E-state index contributed by atoms with van der Waals surface area (Å²) in [6, 6.07) is 0. The van der Waals surface area contributed by atoms with Crippen molar-refractivity contribution in [2.24, 2.45) is 17.3 Å². The molecule has 1 aromatic rings. The molecule has 1 aliphatic carbocycles. The second kappa shape index (κ2) is 7.60. The number of halogens is 4. The Labute approximate surface area is 155 Å². The first-order valence-corrected chi connectivity index (χ1v) is 8.56. The monoisotopic (exact) mass is 392 g/mol. The van der Waals surface area contributed by atoms with Crippen molar-refractivity contribution in [1.29, 1.82) is 0 Å². The molecular weight excluding hydrogens is 373 g/mol. The van der Waals surface area contributed by atoms with Crippen molar-refractivity contribution in [3.05, 3.63) is 45.0 Å². The molecule has 2 rings (SSSR count).